The Balaban J connectivity index is 2.24. The van der Waals surface area contributed by atoms with Gasteiger partial charge in [0.2, 0.25) is 21.8 Å². The van der Waals surface area contributed by atoms with E-state index < -0.39 is 10.0 Å². The van der Waals surface area contributed by atoms with Crippen molar-refractivity contribution < 1.29 is 22.7 Å². The molecule has 1 aliphatic rings. The summed E-state index contributed by atoms with van der Waals surface area (Å²) in [5, 5.41) is 2.78. The number of nitrogens with zero attached hydrogens (tertiary/aromatic N) is 2. The first-order valence-corrected chi connectivity index (χ1v) is 10.4. The molecule has 150 valence electrons. The molecule has 1 N–H and O–H groups in total. The molecule has 0 aliphatic carbocycles. The van der Waals surface area contributed by atoms with E-state index >= 15 is 0 Å². The molecule has 8 nitrogen and oxygen atoms in total. The number of nitrogens with one attached hydrogen (secondary N) is 1. The highest BCUT2D eigenvalue weighted by Gasteiger charge is 2.28. The lowest BCUT2D eigenvalue weighted by Gasteiger charge is -2.31. The second-order valence-electron chi connectivity index (χ2n) is 6.68. The Kier molecular flexibility index (Phi) is 6.83. The van der Waals surface area contributed by atoms with Crippen molar-refractivity contribution in [3.05, 3.63) is 18.2 Å². The minimum absolute atomic E-state index is 0.00107. The molecule has 1 aliphatic heterocycles. The topological polar surface area (TPSA) is 96.0 Å². The van der Waals surface area contributed by atoms with Crippen molar-refractivity contribution in [1.29, 1.82) is 0 Å². The number of likely N-dealkylation sites (tertiary alicyclic amines) is 1. The van der Waals surface area contributed by atoms with E-state index in [1.807, 2.05) is 0 Å². The summed E-state index contributed by atoms with van der Waals surface area (Å²) in [6, 6.07) is 4.56. The van der Waals surface area contributed by atoms with Crippen LogP contribution in [0.3, 0.4) is 0 Å². The number of rotatable bonds is 6. The highest BCUT2D eigenvalue weighted by molar-refractivity contribution is 7.89. The average molecular weight is 397 g/mol. The van der Waals surface area contributed by atoms with Gasteiger partial charge < -0.3 is 15.0 Å². The van der Waals surface area contributed by atoms with Crippen LogP contribution in [-0.2, 0) is 19.6 Å². The molecule has 0 unspecified atom stereocenters. The first kappa shape index (κ1) is 21.2. The Bertz CT molecular complexity index is 807. The highest BCUT2D eigenvalue weighted by Crippen LogP contribution is 2.30. The number of hydrogen-bond acceptors (Lipinski definition) is 5. The normalized spacial score (nSPS) is 17.7. The molecule has 1 aromatic rings. The molecule has 1 fully saturated rings. The summed E-state index contributed by atoms with van der Waals surface area (Å²) in [7, 11) is -0.850. The zero-order valence-electron chi connectivity index (χ0n) is 16.2. The van der Waals surface area contributed by atoms with Crippen LogP contribution in [0.15, 0.2) is 23.1 Å². The van der Waals surface area contributed by atoms with Crippen LogP contribution in [0, 0.1) is 5.92 Å². The lowest BCUT2D eigenvalue weighted by Crippen LogP contribution is -2.42. The minimum Gasteiger partial charge on any atom is -0.492 e. The molecule has 2 amide bonds. The van der Waals surface area contributed by atoms with Crippen molar-refractivity contribution in [1.82, 2.24) is 9.21 Å². The summed E-state index contributed by atoms with van der Waals surface area (Å²) in [6.07, 6.45) is 1.46. The van der Waals surface area contributed by atoms with E-state index in [0.29, 0.717) is 31.8 Å². The number of sulfonamides is 1. The Morgan fingerprint density at radius 1 is 1.33 bits per heavy atom. The molecule has 1 aromatic carbocycles. The fraction of sp³-hybridized carbons (Fsp3) is 0.556. The van der Waals surface area contributed by atoms with E-state index in [2.05, 4.69) is 5.32 Å². The molecule has 1 heterocycles. The largest absolute Gasteiger partial charge is 0.492 e. The van der Waals surface area contributed by atoms with Gasteiger partial charge in [0, 0.05) is 39.8 Å². The Labute approximate surface area is 160 Å². The molecule has 0 radical (unpaired) electrons. The lowest BCUT2D eigenvalue weighted by molar-refractivity contribution is -0.132. The van der Waals surface area contributed by atoms with Crippen LogP contribution in [0.5, 0.6) is 5.75 Å². The summed E-state index contributed by atoms with van der Waals surface area (Å²) in [6.45, 7) is 4.62. The number of carbonyl (C=O) groups is 2. The SMILES string of the molecule is CCOc1ccc(NC(=O)[C@@H]2CCCN(C(C)=O)C2)cc1S(=O)(=O)N(C)C. The standard InChI is InChI=1S/C18H27N3O5S/c1-5-26-16-9-8-15(11-17(16)27(24,25)20(3)4)19-18(23)14-7-6-10-21(12-14)13(2)22/h8-9,11,14H,5-7,10,12H2,1-4H3,(H,19,23)/t14-/m1/s1. The van der Waals surface area contributed by atoms with E-state index in [4.69, 9.17) is 4.74 Å². The van der Waals surface area contributed by atoms with Gasteiger partial charge in [-0.25, -0.2) is 12.7 Å². The van der Waals surface area contributed by atoms with E-state index in [1.54, 1.807) is 17.9 Å². The van der Waals surface area contributed by atoms with E-state index in [0.717, 1.165) is 10.7 Å². The van der Waals surface area contributed by atoms with Crippen molar-refractivity contribution in [3.8, 4) is 5.75 Å². The van der Waals surface area contributed by atoms with E-state index in [-0.39, 0.29) is 28.4 Å². The second-order valence-corrected chi connectivity index (χ2v) is 8.80. The third kappa shape index (κ3) is 4.98. The minimum atomic E-state index is -3.73. The number of amides is 2. The van der Waals surface area contributed by atoms with Crippen molar-refractivity contribution in [2.45, 2.75) is 31.6 Å². The van der Waals surface area contributed by atoms with Crippen LogP contribution in [0.1, 0.15) is 26.7 Å². The molecule has 1 atom stereocenters. The average Bonchev–Trinajstić information content (AvgIpc) is 2.63. The molecular weight excluding hydrogens is 370 g/mol. The maximum atomic E-state index is 12.6. The van der Waals surface area contributed by atoms with Crippen LogP contribution in [0.25, 0.3) is 0 Å². The molecule has 0 saturated carbocycles. The van der Waals surface area contributed by atoms with Gasteiger partial charge in [0.1, 0.15) is 10.6 Å². The maximum Gasteiger partial charge on any atom is 0.246 e. The van der Waals surface area contributed by atoms with Gasteiger partial charge in [0.25, 0.3) is 0 Å². The predicted octanol–water partition coefficient (Wildman–Crippen LogP) is 1.53. The lowest BCUT2D eigenvalue weighted by atomic mass is 9.97. The number of anilines is 1. The summed E-state index contributed by atoms with van der Waals surface area (Å²) in [4.78, 5) is 25.8. The quantitative estimate of drug-likeness (QED) is 0.785. The summed E-state index contributed by atoms with van der Waals surface area (Å²) >= 11 is 0. The van der Waals surface area contributed by atoms with Crippen molar-refractivity contribution in [3.63, 3.8) is 0 Å². The summed E-state index contributed by atoms with van der Waals surface area (Å²) < 4.78 is 31.7. The monoisotopic (exact) mass is 397 g/mol. The van der Waals surface area contributed by atoms with Crippen LogP contribution in [0.2, 0.25) is 0 Å². The van der Waals surface area contributed by atoms with Crippen molar-refractivity contribution in [2.75, 3.05) is 39.1 Å². The molecule has 27 heavy (non-hydrogen) atoms. The van der Waals surface area contributed by atoms with Gasteiger partial charge in [-0.15, -0.1) is 0 Å². The van der Waals surface area contributed by atoms with Gasteiger partial charge in [0.15, 0.2) is 0 Å². The van der Waals surface area contributed by atoms with E-state index in [9.17, 15) is 18.0 Å². The molecule has 2 rings (SSSR count). The molecule has 0 bridgehead atoms. The third-order valence-corrected chi connectivity index (χ3v) is 6.34. The molecule has 0 spiro atoms. The Morgan fingerprint density at radius 2 is 2.04 bits per heavy atom. The van der Waals surface area contributed by atoms with Crippen molar-refractivity contribution >= 4 is 27.5 Å². The number of carbonyl (C=O) groups excluding carboxylic acids is 2. The first-order chi connectivity index (χ1) is 12.7. The fourth-order valence-electron chi connectivity index (χ4n) is 2.98. The van der Waals surface area contributed by atoms with Crippen molar-refractivity contribution in [2.24, 2.45) is 5.92 Å². The Morgan fingerprint density at radius 3 is 2.63 bits per heavy atom. The van der Waals surface area contributed by atoms with Gasteiger partial charge in [0.05, 0.1) is 12.5 Å². The van der Waals surface area contributed by atoms with Crippen LogP contribution >= 0.6 is 0 Å². The van der Waals surface area contributed by atoms with Crippen LogP contribution < -0.4 is 10.1 Å². The van der Waals surface area contributed by atoms with Gasteiger partial charge in [-0.05, 0) is 38.0 Å². The first-order valence-electron chi connectivity index (χ1n) is 8.92. The summed E-state index contributed by atoms with van der Waals surface area (Å²) in [5.41, 5.74) is 0.379. The number of piperidine rings is 1. The number of benzene rings is 1. The highest BCUT2D eigenvalue weighted by atomic mass is 32.2. The third-order valence-electron chi connectivity index (χ3n) is 4.51. The number of hydrogen-bond donors (Lipinski definition) is 1. The van der Waals surface area contributed by atoms with Gasteiger partial charge in [-0.1, -0.05) is 0 Å². The molecule has 0 aromatic heterocycles. The fourth-order valence-corrected chi connectivity index (χ4v) is 4.03. The van der Waals surface area contributed by atoms with Gasteiger partial charge >= 0.3 is 0 Å². The maximum absolute atomic E-state index is 12.6. The van der Waals surface area contributed by atoms with Gasteiger partial charge in [-0.2, -0.15) is 0 Å². The van der Waals surface area contributed by atoms with Crippen LogP contribution in [0.4, 0.5) is 5.69 Å². The molecule has 1 saturated heterocycles. The summed E-state index contributed by atoms with van der Waals surface area (Å²) in [5.74, 6) is -0.348. The molecular formula is C18H27N3O5S. The van der Waals surface area contributed by atoms with Crippen LogP contribution in [-0.4, -0.2) is 63.2 Å². The predicted molar refractivity (Wildman–Crippen MR) is 102 cm³/mol. The number of ether oxygens (including phenoxy) is 1. The zero-order valence-corrected chi connectivity index (χ0v) is 17.0. The van der Waals surface area contributed by atoms with E-state index in [1.165, 1.54) is 33.2 Å². The van der Waals surface area contributed by atoms with Gasteiger partial charge in [-0.3, -0.25) is 9.59 Å². The Hall–Kier alpha value is -2.13. The zero-order chi connectivity index (χ0) is 20.2. The molecule has 9 heteroatoms. The smallest absolute Gasteiger partial charge is 0.246 e. The second kappa shape index (κ2) is 8.71.